The Labute approximate surface area is 154 Å². The zero-order valence-corrected chi connectivity index (χ0v) is 15.3. The van der Waals surface area contributed by atoms with Crippen molar-refractivity contribution in [2.75, 3.05) is 37.7 Å². The molecule has 2 aliphatic heterocycles. The van der Waals surface area contributed by atoms with Crippen LogP contribution in [0.1, 0.15) is 60.3 Å². The first-order chi connectivity index (χ1) is 12.6. The summed E-state index contributed by atoms with van der Waals surface area (Å²) >= 11 is 0. The fraction of sp³-hybridized carbons (Fsp3) is 0.737. The molecule has 0 unspecified atom stereocenters. The second kappa shape index (κ2) is 7.12. The number of aryl methyl sites for hydroxylation is 1. The van der Waals surface area contributed by atoms with Crippen molar-refractivity contribution in [3.63, 3.8) is 0 Å². The summed E-state index contributed by atoms with van der Waals surface area (Å²) in [7, 11) is 0. The van der Waals surface area contributed by atoms with E-state index < -0.39 is 5.60 Å². The van der Waals surface area contributed by atoms with Gasteiger partial charge in [0.2, 0.25) is 5.95 Å². The minimum atomic E-state index is -1.05. The molecule has 26 heavy (non-hydrogen) atoms. The van der Waals surface area contributed by atoms with Gasteiger partial charge in [-0.3, -0.25) is 4.79 Å². The van der Waals surface area contributed by atoms with E-state index in [4.69, 9.17) is 9.97 Å². The van der Waals surface area contributed by atoms with Crippen molar-refractivity contribution >= 4 is 11.9 Å². The number of hydrogen-bond acceptors (Lipinski definition) is 6. The van der Waals surface area contributed by atoms with E-state index in [1.54, 1.807) is 4.90 Å². The van der Waals surface area contributed by atoms with E-state index in [0.29, 0.717) is 37.6 Å². The van der Waals surface area contributed by atoms with E-state index in [0.717, 1.165) is 62.9 Å². The molecule has 3 heterocycles. The Bertz CT molecular complexity index is 680. The quantitative estimate of drug-likeness (QED) is 0.833. The van der Waals surface area contributed by atoms with Crippen molar-refractivity contribution in [1.82, 2.24) is 14.9 Å². The molecule has 2 N–H and O–H groups in total. The smallest absolute Gasteiger partial charge is 0.272 e. The minimum absolute atomic E-state index is 0.0500. The third-order valence-electron chi connectivity index (χ3n) is 6.04. The van der Waals surface area contributed by atoms with Crippen LogP contribution in [0.15, 0.2) is 0 Å². The number of anilines is 1. The Hall–Kier alpha value is -1.73. The fourth-order valence-corrected chi connectivity index (χ4v) is 4.25. The van der Waals surface area contributed by atoms with E-state index in [2.05, 4.69) is 4.90 Å². The van der Waals surface area contributed by atoms with Crippen LogP contribution in [-0.4, -0.2) is 69.4 Å². The molecule has 1 aromatic heterocycles. The summed E-state index contributed by atoms with van der Waals surface area (Å²) in [5, 5.41) is 19.5. The number of nitrogens with zero attached hydrogens (tertiary/aromatic N) is 4. The number of aliphatic hydroxyl groups excluding tert-OH is 1. The second-order valence-electron chi connectivity index (χ2n) is 7.87. The average Bonchev–Trinajstić information content (AvgIpc) is 3.22. The van der Waals surface area contributed by atoms with Gasteiger partial charge < -0.3 is 20.0 Å². The topological polar surface area (TPSA) is 89.8 Å². The highest BCUT2D eigenvalue weighted by molar-refractivity contribution is 5.94. The van der Waals surface area contributed by atoms with Crippen LogP contribution in [0, 0.1) is 0 Å². The summed E-state index contributed by atoms with van der Waals surface area (Å²) in [5.74, 6) is 0.654. The highest BCUT2D eigenvalue weighted by atomic mass is 16.3. The molecule has 7 nitrogen and oxygen atoms in total. The molecule has 0 aromatic carbocycles. The van der Waals surface area contributed by atoms with Crippen molar-refractivity contribution in [1.29, 1.82) is 0 Å². The average molecular weight is 360 g/mol. The summed E-state index contributed by atoms with van der Waals surface area (Å²) in [5.41, 5.74) is 1.57. The van der Waals surface area contributed by atoms with Crippen molar-refractivity contribution in [2.24, 2.45) is 0 Å². The van der Waals surface area contributed by atoms with E-state index in [1.807, 2.05) is 0 Å². The van der Waals surface area contributed by atoms with E-state index in [-0.39, 0.29) is 12.5 Å². The van der Waals surface area contributed by atoms with Gasteiger partial charge in [0.15, 0.2) is 0 Å². The number of rotatable bonds is 3. The minimum Gasteiger partial charge on any atom is -0.393 e. The van der Waals surface area contributed by atoms with Gasteiger partial charge in [0.1, 0.15) is 5.69 Å². The highest BCUT2D eigenvalue weighted by Crippen LogP contribution is 2.28. The maximum atomic E-state index is 13.2. The van der Waals surface area contributed by atoms with Crippen LogP contribution in [0.4, 0.5) is 5.95 Å². The monoisotopic (exact) mass is 360 g/mol. The van der Waals surface area contributed by atoms with E-state index in [9.17, 15) is 15.0 Å². The largest absolute Gasteiger partial charge is 0.393 e. The number of aromatic nitrogens is 2. The van der Waals surface area contributed by atoms with Crippen molar-refractivity contribution in [2.45, 2.75) is 57.0 Å². The van der Waals surface area contributed by atoms with Gasteiger partial charge in [-0.25, -0.2) is 9.97 Å². The molecule has 2 fully saturated rings. The lowest BCUT2D eigenvalue weighted by molar-refractivity contribution is -0.0547. The number of aliphatic hydroxyl groups is 2. The molecular weight excluding hydrogens is 332 g/mol. The predicted octanol–water partition coefficient (Wildman–Crippen LogP) is 0.915. The first-order valence-electron chi connectivity index (χ1n) is 9.87. The molecule has 0 spiro atoms. The second-order valence-corrected chi connectivity index (χ2v) is 7.87. The van der Waals surface area contributed by atoms with Gasteiger partial charge in [0, 0.05) is 37.4 Å². The van der Waals surface area contributed by atoms with Gasteiger partial charge >= 0.3 is 0 Å². The summed E-state index contributed by atoms with van der Waals surface area (Å²) in [6.45, 7) is 2.57. The molecule has 0 atom stereocenters. The van der Waals surface area contributed by atoms with Crippen LogP contribution in [0.25, 0.3) is 0 Å². The molecule has 3 aliphatic rings. The van der Waals surface area contributed by atoms with Gasteiger partial charge in [-0.1, -0.05) is 0 Å². The third kappa shape index (κ3) is 3.30. The normalized spacial score (nSPS) is 22.4. The molecule has 1 amide bonds. The SMILES string of the molecule is O=C(c1nc(N2CCCC2)nc2c1CCCC2)N1CCC(O)(CO)CC1. The number of hydrogen-bond donors (Lipinski definition) is 2. The van der Waals surface area contributed by atoms with Crippen LogP contribution >= 0.6 is 0 Å². The third-order valence-corrected chi connectivity index (χ3v) is 6.04. The summed E-state index contributed by atoms with van der Waals surface area (Å²) in [6, 6.07) is 0. The van der Waals surface area contributed by atoms with E-state index in [1.165, 1.54) is 0 Å². The zero-order valence-electron chi connectivity index (χ0n) is 15.3. The predicted molar refractivity (Wildman–Crippen MR) is 97.3 cm³/mol. The van der Waals surface area contributed by atoms with Gasteiger partial charge in [-0.15, -0.1) is 0 Å². The lowest BCUT2D eigenvalue weighted by Gasteiger charge is -2.37. The van der Waals surface area contributed by atoms with Gasteiger partial charge in [-0.2, -0.15) is 0 Å². The summed E-state index contributed by atoms with van der Waals surface area (Å²) in [4.78, 5) is 26.7. The van der Waals surface area contributed by atoms with E-state index >= 15 is 0 Å². The number of piperidine rings is 1. The lowest BCUT2D eigenvalue weighted by atomic mass is 9.91. The molecule has 0 radical (unpaired) electrons. The summed E-state index contributed by atoms with van der Waals surface area (Å²) in [6.07, 6.45) is 7.08. The van der Waals surface area contributed by atoms with Crippen LogP contribution in [0.3, 0.4) is 0 Å². The molecule has 7 heteroatoms. The van der Waals surface area contributed by atoms with Crippen LogP contribution in [0.2, 0.25) is 0 Å². The Kier molecular flexibility index (Phi) is 4.84. The Morgan fingerprint density at radius 1 is 1.00 bits per heavy atom. The number of fused-ring (bicyclic) bond motifs is 1. The highest BCUT2D eigenvalue weighted by Gasteiger charge is 2.35. The van der Waals surface area contributed by atoms with Gasteiger partial charge in [-0.05, 0) is 51.4 Å². The van der Waals surface area contributed by atoms with Gasteiger partial charge in [0.25, 0.3) is 5.91 Å². The van der Waals surface area contributed by atoms with Gasteiger partial charge in [0.05, 0.1) is 12.2 Å². The Morgan fingerprint density at radius 2 is 1.69 bits per heavy atom. The Morgan fingerprint density at radius 3 is 2.38 bits per heavy atom. The van der Waals surface area contributed by atoms with Crippen molar-refractivity contribution in [3.8, 4) is 0 Å². The fourth-order valence-electron chi connectivity index (χ4n) is 4.25. The molecular formula is C19H28N4O3. The molecule has 2 saturated heterocycles. The number of carbonyl (C=O) groups is 1. The molecule has 0 bridgehead atoms. The first kappa shape index (κ1) is 17.7. The number of likely N-dealkylation sites (tertiary alicyclic amines) is 1. The van der Waals surface area contributed by atoms with Crippen LogP contribution in [0.5, 0.6) is 0 Å². The molecule has 4 rings (SSSR count). The molecule has 1 aliphatic carbocycles. The molecule has 142 valence electrons. The summed E-state index contributed by atoms with van der Waals surface area (Å²) < 4.78 is 0. The number of amides is 1. The molecule has 1 aromatic rings. The van der Waals surface area contributed by atoms with Crippen LogP contribution in [-0.2, 0) is 12.8 Å². The maximum Gasteiger partial charge on any atom is 0.272 e. The first-order valence-corrected chi connectivity index (χ1v) is 9.87. The number of carbonyl (C=O) groups excluding carboxylic acids is 1. The molecule has 0 saturated carbocycles. The lowest BCUT2D eigenvalue weighted by Crippen LogP contribution is -2.49. The van der Waals surface area contributed by atoms with Crippen molar-refractivity contribution in [3.05, 3.63) is 17.0 Å². The standard InChI is InChI=1S/C19H28N4O3/c24-13-19(26)7-11-22(12-8-19)17(25)16-14-5-1-2-6-15(14)20-18(21-16)23-9-3-4-10-23/h24,26H,1-13H2. The van der Waals surface area contributed by atoms with Crippen molar-refractivity contribution < 1.29 is 15.0 Å². The zero-order chi connectivity index (χ0) is 18.1. The van der Waals surface area contributed by atoms with Crippen LogP contribution < -0.4 is 4.90 Å². The Balaban J connectivity index is 1.62. The maximum absolute atomic E-state index is 13.2.